The molecule has 3 rings (SSSR count). The summed E-state index contributed by atoms with van der Waals surface area (Å²) in [5.41, 5.74) is 0. The van der Waals surface area contributed by atoms with Gasteiger partial charge in [-0.15, -0.1) is 11.3 Å². The summed E-state index contributed by atoms with van der Waals surface area (Å²) in [5, 5.41) is 3.47. The van der Waals surface area contributed by atoms with Crippen LogP contribution in [0, 0.1) is 0 Å². The normalized spacial score (nSPS) is 15.2. The molecule has 0 saturated heterocycles. The Kier molecular flexibility index (Phi) is 4.63. The van der Waals surface area contributed by atoms with Gasteiger partial charge in [-0.2, -0.15) is 0 Å². The maximum Gasteiger partial charge on any atom is 0.0342 e. The summed E-state index contributed by atoms with van der Waals surface area (Å²) in [5.74, 6) is 0. The summed E-state index contributed by atoms with van der Waals surface area (Å²) in [7, 11) is 0. The molecule has 0 radical (unpaired) electrons. The summed E-state index contributed by atoms with van der Waals surface area (Å²) >= 11 is 1.79. The van der Waals surface area contributed by atoms with Gasteiger partial charge in [0.2, 0.25) is 0 Å². The van der Waals surface area contributed by atoms with Crippen molar-refractivity contribution >= 4 is 21.4 Å². The predicted octanol–water partition coefficient (Wildman–Crippen LogP) is 5.41. The lowest BCUT2D eigenvalue weighted by molar-refractivity contribution is 0.718. The average molecular weight is 230 g/mol. The largest absolute Gasteiger partial charge is 0.144 e. The number of benzene rings is 1. The van der Waals surface area contributed by atoms with Crippen molar-refractivity contribution in [3.8, 4) is 0 Å². The van der Waals surface area contributed by atoms with Gasteiger partial charge in [0.25, 0.3) is 0 Å². The van der Waals surface area contributed by atoms with Crippen molar-refractivity contribution in [3.05, 3.63) is 47.9 Å². The first-order valence-corrected chi connectivity index (χ1v) is 6.92. The molecule has 1 heteroatoms. The smallest absolute Gasteiger partial charge is 0.0342 e. The Morgan fingerprint density at radius 3 is 2.31 bits per heavy atom. The van der Waals surface area contributed by atoms with Gasteiger partial charge in [-0.1, -0.05) is 36.8 Å². The van der Waals surface area contributed by atoms with Crippen LogP contribution in [0.25, 0.3) is 10.1 Å². The molecule has 1 aromatic heterocycles. The van der Waals surface area contributed by atoms with E-state index in [1.54, 1.807) is 11.3 Å². The molecule has 0 spiro atoms. The maximum absolute atomic E-state index is 2.30. The van der Waals surface area contributed by atoms with E-state index in [0.717, 1.165) is 0 Å². The van der Waals surface area contributed by atoms with Crippen molar-refractivity contribution in [2.75, 3.05) is 0 Å². The van der Waals surface area contributed by atoms with Gasteiger partial charge in [-0.05, 0) is 48.6 Å². The monoisotopic (exact) mass is 230 g/mol. The highest BCUT2D eigenvalue weighted by molar-refractivity contribution is 7.17. The van der Waals surface area contributed by atoms with E-state index in [4.69, 9.17) is 0 Å². The van der Waals surface area contributed by atoms with Crippen LogP contribution in [0.4, 0.5) is 0 Å². The fourth-order valence-electron chi connectivity index (χ4n) is 1.84. The molecule has 1 aromatic carbocycles. The van der Waals surface area contributed by atoms with Crippen LogP contribution in [0.3, 0.4) is 0 Å². The van der Waals surface area contributed by atoms with Crippen molar-refractivity contribution < 1.29 is 0 Å². The molecule has 0 unspecified atom stereocenters. The van der Waals surface area contributed by atoms with Crippen LogP contribution in [-0.4, -0.2) is 0 Å². The fraction of sp³-hybridized carbons (Fsp3) is 0.333. The Morgan fingerprint density at radius 1 is 0.812 bits per heavy atom. The highest BCUT2D eigenvalue weighted by atomic mass is 32.1. The van der Waals surface area contributed by atoms with Crippen LogP contribution in [0.5, 0.6) is 0 Å². The van der Waals surface area contributed by atoms with Crippen LogP contribution in [0.1, 0.15) is 32.1 Å². The topological polar surface area (TPSA) is 0 Å². The van der Waals surface area contributed by atoms with Gasteiger partial charge in [0.05, 0.1) is 0 Å². The van der Waals surface area contributed by atoms with Crippen molar-refractivity contribution in [2.45, 2.75) is 32.1 Å². The SMILES string of the molecule is C1=CCCCCC1.c1ccc2sccc2c1. The molecule has 0 N–H and O–H groups in total. The summed E-state index contributed by atoms with van der Waals surface area (Å²) in [4.78, 5) is 0. The number of rotatable bonds is 0. The third-order valence-electron chi connectivity index (χ3n) is 2.77. The molecule has 84 valence electrons. The van der Waals surface area contributed by atoms with Crippen LogP contribution >= 0.6 is 11.3 Å². The second-order valence-electron chi connectivity index (χ2n) is 4.07. The molecule has 2 aromatic rings. The summed E-state index contributed by atoms with van der Waals surface area (Å²) in [6.45, 7) is 0. The Hall–Kier alpha value is -1.08. The number of fused-ring (bicyclic) bond motifs is 1. The van der Waals surface area contributed by atoms with E-state index in [0.29, 0.717) is 0 Å². The molecule has 16 heavy (non-hydrogen) atoms. The first-order valence-electron chi connectivity index (χ1n) is 6.04. The standard InChI is InChI=1S/C8H6S.C7H12/c1-2-4-8-7(3-1)5-6-9-8;1-2-4-6-7-5-3-1/h1-6H;1-2H,3-7H2. The second kappa shape index (κ2) is 6.49. The Labute approximate surface area is 102 Å². The zero-order valence-electron chi connectivity index (χ0n) is 9.56. The predicted molar refractivity (Wildman–Crippen MR) is 74.1 cm³/mol. The number of hydrogen-bond acceptors (Lipinski definition) is 1. The minimum Gasteiger partial charge on any atom is -0.144 e. The average Bonchev–Trinajstić information content (AvgIpc) is 2.61. The van der Waals surface area contributed by atoms with E-state index in [2.05, 4.69) is 47.9 Å². The molecular formula is C15H18S. The van der Waals surface area contributed by atoms with E-state index in [9.17, 15) is 0 Å². The lowest BCUT2D eigenvalue weighted by Crippen LogP contribution is -1.67. The lowest BCUT2D eigenvalue weighted by atomic mass is 10.2. The van der Waals surface area contributed by atoms with Gasteiger partial charge >= 0.3 is 0 Å². The maximum atomic E-state index is 2.30. The molecular weight excluding hydrogens is 212 g/mol. The van der Waals surface area contributed by atoms with E-state index >= 15 is 0 Å². The molecule has 0 nitrogen and oxygen atoms in total. The third-order valence-corrected chi connectivity index (χ3v) is 3.67. The summed E-state index contributed by atoms with van der Waals surface area (Å²) in [6.07, 6.45) is 11.5. The molecule has 1 aliphatic rings. The van der Waals surface area contributed by atoms with E-state index in [-0.39, 0.29) is 0 Å². The molecule has 0 atom stereocenters. The molecule has 0 saturated carbocycles. The van der Waals surface area contributed by atoms with Gasteiger partial charge in [-0.3, -0.25) is 0 Å². The molecule has 0 bridgehead atoms. The van der Waals surface area contributed by atoms with E-state index in [1.807, 2.05) is 0 Å². The lowest BCUT2D eigenvalue weighted by Gasteiger charge is -1.86. The summed E-state index contributed by atoms with van der Waals surface area (Å²) < 4.78 is 1.37. The van der Waals surface area contributed by atoms with E-state index < -0.39 is 0 Å². The zero-order valence-corrected chi connectivity index (χ0v) is 10.4. The zero-order chi connectivity index (χ0) is 11.1. The minimum atomic E-state index is 1.32. The molecule has 0 aliphatic heterocycles. The van der Waals surface area contributed by atoms with Crippen molar-refractivity contribution in [2.24, 2.45) is 0 Å². The van der Waals surface area contributed by atoms with E-state index in [1.165, 1.54) is 42.2 Å². The highest BCUT2D eigenvalue weighted by Crippen LogP contribution is 2.18. The highest BCUT2D eigenvalue weighted by Gasteiger charge is 1.89. The van der Waals surface area contributed by atoms with Gasteiger partial charge < -0.3 is 0 Å². The first-order chi connectivity index (χ1) is 7.97. The van der Waals surface area contributed by atoms with Crippen molar-refractivity contribution in [1.82, 2.24) is 0 Å². The van der Waals surface area contributed by atoms with Crippen molar-refractivity contribution in [1.29, 1.82) is 0 Å². The Bertz CT molecular complexity index is 401. The minimum absolute atomic E-state index is 1.32. The summed E-state index contributed by atoms with van der Waals surface area (Å²) in [6, 6.07) is 10.5. The number of allylic oxidation sites excluding steroid dienone is 2. The molecule has 0 amide bonds. The van der Waals surface area contributed by atoms with Gasteiger partial charge in [0, 0.05) is 4.70 Å². The van der Waals surface area contributed by atoms with Crippen LogP contribution < -0.4 is 0 Å². The molecule has 0 fully saturated rings. The van der Waals surface area contributed by atoms with Crippen molar-refractivity contribution in [3.63, 3.8) is 0 Å². The van der Waals surface area contributed by atoms with Crippen LogP contribution in [0.2, 0.25) is 0 Å². The number of thiophene rings is 1. The quantitative estimate of drug-likeness (QED) is 0.531. The van der Waals surface area contributed by atoms with Gasteiger partial charge in [0.1, 0.15) is 0 Å². The van der Waals surface area contributed by atoms with Gasteiger partial charge in [-0.25, -0.2) is 0 Å². The number of hydrogen-bond donors (Lipinski definition) is 0. The third kappa shape index (κ3) is 3.49. The molecule has 1 heterocycles. The van der Waals surface area contributed by atoms with Crippen LogP contribution in [-0.2, 0) is 0 Å². The molecule has 1 aliphatic carbocycles. The van der Waals surface area contributed by atoms with Crippen LogP contribution in [0.15, 0.2) is 47.9 Å². The van der Waals surface area contributed by atoms with Gasteiger partial charge in [0.15, 0.2) is 0 Å². The second-order valence-corrected chi connectivity index (χ2v) is 5.02. The first kappa shape index (κ1) is 11.4. The fourth-order valence-corrected chi connectivity index (χ4v) is 2.63. The Balaban J connectivity index is 0.000000125. The Morgan fingerprint density at radius 2 is 1.56 bits per heavy atom.